The van der Waals surface area contributed by atoms with Gasteiger partial charge in [-0.1, -0.05) is 12.1 Å². The van der Waals surface area contributed by atoms with Crippen molar-refractivity contribution < 1.29 is 4.79 Å². The minimum atomic E-state index is -0.483. The zero-order valence-electron chi connectivity index (χ0n) is 10.3. The lowest BCUT2D eigenvalue weighted by Crippen LogP contribution is -2.44. The highest BCUT2D eigenvalue weighted by Crippen LogP contribution is 2.19. The lowest BCUT2D eigenvalue weighted by atomic mass is 10.2. The van der Waals surface area contributed by atoms with Gasteiger partial charge in [0.2, 0.25) is 5.91 Å². The van der Waals surface area contributed by atoms with Crippen LogP contribution in [0.25, 0.3) is 10.9 Å². The molecule has 0 saturated carbocycles. The Morgan fingerprint density at radius 3 is 2.78 bits per heavy atom. The standard InChI is InChI=1S/C13H13N3O2/c1-8-12(17)15(2)7-11-14-10-6-4-3-5-9(10)13(18)16(8)11/h3-6,8H,7H2,1-2H3/t8-/m0/s1. The molecule has 2 heterocycles. The number of rotatable bonds is 0. The molecule has 2 aromatic rings. The van der Waals surface area contributed by atoms with E-state index in [1.165, 1.54) is 4.57 Å². The van der Waals surface area contributed by atoms with Crippen molar-refractivity contribution in [2.75, 3.05) is 7.05 Å². The number of carbonyl (C=O) groups excluding carboxylic acids is 1. The van der Waals surface area contributed by atoms with Gasteiger partial charge in [0.25, 0.3) is 5.56 Å². The van der Waals surface area contributed by atoms with Gasteiger partial charge in [-0.05, 0) is 19.1 Å². The molecule has 1 aliphatic rings. The summed E-state index contributed by atoms with van der Waals surface area (Å²) >= 11 is 0. The van der Waals surface area contributed by atoms with Gasteiger partial charge >= 0.3 is 0 Å². The van der Waals surface area contributed by atoms with Crippen LogP contribution >= 0.6 is 0 Å². The van der Waals surface area contributed by atoms with Crippen molar-refractivity contribution in [1.29, 1.82) is 0 Å². The molecule has 1 aliphatic heterocycles. The van der Waals surface area contributed by atoms with Gasteiger partial charge in [0.05, 0.1) is 17.4 Å². The second-order valence-electron chi connectivity index (χ2n) is 4.59. The molecule has 0 unspecified atom stereocenters. The van der Waals surface area contributed by atoms with E-state index in [2.05, 4.69) is 4.98 Å². The van der Waals surface area contributed by atoms with Crippen LogP contribution in [0.3, 0.4) is 0 Å². The summed E-state index contributed by atoms with van der Waals surface area (Å²) in [5, 5.41) is 0.561. The maximum absolute atomic E-state index is 12.4. The molecule has 18 heavy (non-hydrogen) atoms. The van der Waals surface area contributed by atoms with E-state index in [1.54, 1.807) is 31.0 Å². The summed E-state index contributed by atoms with van der Waals surface area (Å²) in [6, 6.07) is 6.74. The number of aromatic nitrogens is 2. The van der Waals surface area contributed by atoms with E-state index in [9.17, 15) is 9.59 Å². The Bertz CT molecular complexity index is 705. The molecular weight excluding hydrogens is 230 g/mol. The fraction of sp³-hybridized carbons (Fsp3) is 0.308. The molecule has 1 aromatic heterocycles. The zero-order chi connectivity index (χ0) is 12.9. The minimum Gasteiger partial charge on any atom is -0.336 e. The second kappa shape index (κ2) is 3.66. The molecule has 1 amide bonds. The molecule has 0 fully saturated rings. The highest BCUT2D eigenvalue weighted by Gasteiger charge is 2.29. The first-order valence-corrected chi connectivity index (χ1v) is 5.84. The third-order valence-corrected chi connectivity index (χ3v) is 3.38. The molecule has 1 aromatic carbocycles. The smallest absolute Gasteiger partial charge is 0.262 e. The summed E-state index contributed by atoms with van der Waals surface area (Å²) in [6.45, 7) is 2.11. The van der Waals surface area contributed by atoms with E-state index in [-0.39, 0.29) is 11.5 Å². The summed E-state index contributed by atoms with van der Waals surface area (Å²) in [6.07, 6.45) is 0. The lowest BCUT2D eigenvalue weighted by Gasteiger charge is -2.30. The molecule has 1 atom stereocenters. The fourth-order valence-electron chi connectivity index (χ4n) is 2.42. The van der Waals surface area contributed by atoms with Crippen LogP contribution in [0.1, 0.15) is 18.8 Å². The molecule has 92 valence electrons. The summed E-state index contributed by atoms with van der Waals surface area (Å²) in [7, 11) is 1.73. The van der Waals surface area contributed by atoms with Crippen LogP contribution in [0.5, 0.6) is 0 Å². The molecular formula is C13H13N3O2. The summed E-state index contributed by atoms with van der Waals surface area (Å²) in [4.78, 5) is 30.4. The number of benzene rings is 1. The van der Waals surface area contributed by atoms with Gasteiger partial charge in [-0.25, -0.2) is 4.98 Å². The normalized spacial score (nSPS) is 19.1. The van der Waals surface area contributed by atoms with E-state index in [0.29, 0.717) is 23.3 Å². The zero-order valence-corrected chi connectivity index (χ0v) is 10.3. The lowest BCUT2D eigenvalue weighted by molar-refractivity contribution is -0.135. The van der Waals surface area contributed by atoms with Crippen LogP contribution in [0.2, 0.25) is 0 Å². The Labute approximate surface area is 104 Å². The first kappa shape index (κ1) is 11.0. The van der Waals surface area contributed by atoms with Crippen LogP contribution < -0.4 is 5.56 Å². The molecule has 0 N–H and O–H groups in total. The van der Waals surface area contributed by atoms with Crippen molar-refractivity contribution in [1.82, 2.24) is 14.5 Å². The van der Waals surface area contributed by atoms with Crippen molar-refractivity contribution in [3.8, 4) is 0 Å². The number of amides is 1. The highest BCUT2D eigenvalue weighted by atomic mass is 16.2. The molecule has 0 bridgehead atoms. The van der Waals surface area contributed by atoms with Crippen LogP contribution in [-0.4, -0.2) is 27.4 Å². The molecule has 0 aliphatic carbocycles. The maximum atomic E-state index is 12.4. The highest BCUT2D eigenvalue weighted by molar-refractivity contribution is 5.82. The molecule has 5 heteroatoms. The quantitative estimate of drug-likeness (QED) is 0.691. The average molecular weight is 243 g/mol. The van der Waals surface area contributed by atoms with E-state index in [1.807, 2.05) is 12.1 Å². The van der Waals surface area contributed by atoms with Crippen LogP contribution in [0.4, 0.5) is 0 Å². The average Bonchev–Trinajstić information content (AvgIpc) is 2.36. The Hall–Kier alpha value is -2.17. The van der Waals surface area contributed by atoms with E-state index < -0.39 is 6.04 Å². The number of fused-ring (bicyclic) bond motifs is 2. The summed E-state index contributed by atoms with van der Waals surface area (Å²) < 4.78 is 1.50. The maximum Gasteiger partial charge on any atom is 0.262 e. The van der Waals surface area contributed by atoms with Crippen LogP contribution in [0.15, 0.2) is 29.1 Å². The molecule has 0 radical (unpaired) electrons. The Kier molecular flexibility index (Phi) is 2.23. The fourth-order valence-corrected chi connectivity index (χ4v) is 2.42. The third kappa shape index (κ3) is 1.37. The Balaban J connectivity index is 2.38. The van der Waals surface area contributed by atoms with Crippen molar-refractivity contribution in [3.05, 3.63) is 40.4 Å². The predicted molar refractivity (Wildman–Crippen MR) is 67.2 cm³/mol. The molecule has 0 saturated heterocycles. The number of para-hydroxylation sites is 1. The second-order valence-corrected chi connectivity index (χ2v) is 4.59. The van der Waals surface area contributed by atoms with Gasteiger partial charge in [0.1, 0.15) is 11.9 Å². The van der Waals surface area contributed by atoms with Crippen molar-refractivity contribution >= 4 is 16.8 Å². The van der Waals surface area contributed by atoms with Crippen molar-refractivity contribution in [2.24, 2.45) is 0 Å². The van der Waals surface area contributed by atoms with Crippen molar-refractivity contribution in [2.45, 2.75) is 19.5 Å². The first-order valence-electron chi connectivity index (χ1n) is 5.84. The monoisotopic (exact) mass is 243 g/mol. The first-order chi connectivity index (χ1) is 8.59. The van der Waals surface area contributed by atoms with Gasteiger partial charge in [-0.3, -0.25) is 14.2 Å². The molecule has 5 nitrogen and oxygen atoms in total. The molecule has 3 rings (SSSR count). The van der Waals surface area contributed by atoms with Crippen LogP contribution in [0, 0.1) is 0 Å². The number of carbonyl (C=O) groups is 1. The van der Waals surface area contributed by atoms with E-state index in [0.717, 1.165) is 0 Å². The van der Waals surface area contributed by atoms with Crippen LogP contribution in [-0.2, 0) is 11.3 Å². The SMILES string of the molecule is C[C@H]1C(=O)N(C)Cc2nc3ccccc3c(=O)n21. The van der Waals surface area contributed by atoms with E-state index in [4.69, 9.17) is 0 Å². The van der Waals surface area contributed by atoms with Gasteiger partial charge in [0, 0.05) is 7.05 Å². The predicted octanol–water partition coefficient (Wildman–Crippen LogP) is 0.929. The van der Waals surface area contributed by atoms with Crippen molar-refractivity contribution in [3.63, 3.8) is 0 Å². The van der Waals surface area contributed by atoms with E-state index >= 15 is 0 Å². The third-order valence-electron chi connectivity index (χ3n) is 3.38. The minimum absolute atomic E-state index is 0.0540. The van der Waals surface area contributed by atoms with Gasteiger partial charge in [-0.2, -0.15) is 0 Å². The Morgan fingerprint density at radius 2 is 2.00 bits per heavy atom. The topological polar surface area (TPSA) is 55.2 Å². The summed E-state index contributed by atoms with van der Waals surface area (Å²) in [5.74, 6) is 0.593. The number of hydrogen-bond acceptors (Lipinski definition) is 3. The number of likely N-dealkylation sites (N-methyl/N-ethyl adjacent to an activating group) is 1. The molecule has 0 spiro atoms. The number of hydrogen-bond donors (Lipinski definition) is 0. The summed E-state index contributed by atoms with van der Waals surface area (Å²) in [5.41, 5.74) is 0.549. The number of nitrogens with zero attached hydrogens (tertiary/aromatic N) is 3. The van der Waals surface area contributed by atoms with Gasteiger partial charge in [0.15, 0.2) is 0 Å². The van der Waals surface area contributed by atoms with Gasteiger partial charge in [-0.15, -0.1) is 0 Å². The largest absolute Gasteiger partial charge is 0.336 e. The Morgan fingerprint density at radius 1 is 1.28 bits per heavy atom. The van der Waals surface area contributed by atoms with Gasteiger partial charge < -0.3 is 4.90 Å².